The summed E-state index contributed by atoms with van der Waals surface area (Å²) in [5, 5.41) is 12.4. The van der Waals surface area contributed by atoms with Crippen LogP contribution >= 0.6 is 0 Å². The molecule has 0 saturated heterocycles. The van der Waals surface area contributed by atoms with E-state index in [2.05, 4.69) is 22.3 Å². The maximum absolute atomic E-state index is 12.5. The summed E-state index contributed by atoms with van der Waals surface area (Å²) >= 11 is 0. The molecule has 0 bridgehead atoms. The van der Waals surface area contributed by atoms with Gasteiger partial charge in [-0.2, -0.15) is 4.80 Å². The highest BCUT2D eigenvalue weighted by Gasteiger charge is 2.25. The van der Waals surface area contributed by atoms with E-state index in [0.29, 0.717) is 11.9 Å². The van der Waals surface area contributed by atoms with Gasteiger partial charge < -0.3 is 4.90 Å². The molecule has 0 atom stereocenters. The van der Waals surface area contributed by atoms with Gasteiger partial charge in [0.15, 0.2) is 0 Å². The van der Waals surface area contributed by atoms with Crippen LogP contribution in [0.3, 0.4) is 0 Å². The number of carbonyl (C=O) groups excluding carboxylic acids is 1. The molecule has 6 heteroatoms. The Morgan fingerprint density at radius 2 is 1.88 bits per heavy atom. The second-order valence-corrected chi connectivity index (χ2v) is 6.93. The molecule has 1 amide bonds. The van der Waals surface area contributed by atoms with Crippen LogP contribution in [0.25, 0.3) is 11.4 Å². The lowest BCUT2D eigenvalue weighted by Gasteiger charge is -2.33. The molecule has 24 heavy (non-hydrogen) atoms. The summed E-state index contributed by atoms with van der Waals surface area (Å²) < 4.78 is 0. The summed E-state index contributed by atoms with van der Waals surface area (Å²) in [6.45, 7) is 4.46. The van der Waals surface area contributed by atoms with Gasteiger partial charge in [-0.05, 0) is 43.7 Å². The van der Waals surface area contributed by atoms with Crippen molar-refractivity contribution in [1.82, 2.24) is 25.1 Å². The first-order valence-electron chi connectivity index (χ1n) is 8.63. The van der Waals surface area contributed by atoms with E-state index in [9.17, 15) is 4.79 Å². The van der Waals surface area contributed by atoms with Crippen molar-refractivity contribution >= 4 is 5.91 Å². The minimum Gasteiger partial charge on any atom is -0.341 e. The van der Waals surface area contributed by atoms with Gasteiger partial charge in [-0.1, -0.05) is 36.8 Å². The van der Waals surface area contributed by atoms with Crippen LogP contribution < -0.4 is 0 Å². The van der Waals surface area contributed by atoms with Gasteiger partial charge in [0.2, 0.25) is 11.7 Å². The Hall–Kier alpha value is -2.24. The summed E-state index contributed by atoms with van der Waals surface area (Å²) in [7, 11) is 1.89. The number of benzene rings is 1. The van der Waals surface area contributed by atoms with Crippen LogP contribution in [-0.2, 0) is 11.3 Å². The molecule has 1 fully saturated rings. The molecule has 128 valence electrons. The number of likely N-dealkylation sites (N-methyl/N-ethyl adjacent to an activating group) is 1. The Morgan fingerprint density at radius 1 is 1.21 bits per heavy atom. The van der Waals surface area contributed by atoms with Crippen LogP contribution in [-0.4, -0.2) is 44.1 Å². The molecular weight excluding hydrogens is 302 g/mol. The van der Waals surface area contributed by atoms with Gasteiger partial charge >= 0.3 is 0 Å². The smallest absolute Gasteiger partial charge is 0.246 e. The average Bonchev–Trinajstić information content (AvgIpc) is 3.04. The molecule has 0 unspecified atom stereocenters. The highest BCUT2D eigenvalue weighted by Crippen LogP contribution is 2.26. The molecule has 1 saturated carbocycles. The summed E-state index contributed by atoms with van der Waals surface area (Å²) in [6, 6.07) is 8.30. The van der Waals surface area contributed by atoms with Crippen LogP contribution in [0.1, 0.15) is 38.2 Å². The van der Waals surface area contributed by atoms with Gasteiger partial charge in [-0.25, -0.2) is 0 Å². The van der Waals surface area contributed by atoms with Crippen LogP contribution in [0.15, 0.2) is 24.3 Å². The molecule has 6 nitrogen and oxygen atoms in total. The Bertz CT molecular complexity index is 686. The molecule has 0 spiro atoms. The second-order valence-electron chi connectivity index (χ2n) is 6.93. The van der Waals surface area contributed by atoms with E-state index >= 15 is 0 Å². The molecular formula is C18H25N5O. The van der Waals surface area contributed by atoms with Gasteiger partial charge in [-0.3, -0.25) is 4.79 Å². The first-order valence-corrected chi connectivity index (χ1v) is 8.63. The lowest BCUT2D eigenvalue weighted by atomic mass is 9.87. The van der Waals surface area contributed by atoms with Crippen molar-refractivity contribution in [2.24, 2.45) is 5.92 Å². The minimum absolute atomic E-state index is 0.0439. The largest absolute Gasteiger partial charge is 0.341 e. The van der Waals surface area contributed by atoms with Crippen molar-refractivity contribution < 1.29 is 4.79 Å². The Balaban J connectivity index is 1.61. The summed E-state index contributed by atoms with van der Waals surface area (Å²) in [6.07, 6.45) is 4.56. The van der Waals surface area contributed by atoms with Crippen molar-refractivity contribution in [3.63, 3.8) is 0 Å². The van der Waals surface area contributed by atoms with E-state index in [-0.39, 0.29) is 12.5 Å². The van der Waals surface area contributed by atoms with E-state index < -0.39 is 0 Å². The topological polar surface area (TPSA) is 63.9 Å². The highest BCUT2D eigenvalue weighted by molar-refractivity contribution is 5.75. The van der Waals surface area contributed by atoms with Gasteiger partial charge in [0, 0.05) is 18.7 Å². The van der Waals surface area contributed by atoms with Gasteiger partial charge in [0.05, 0.1) is 0 Å². The van der Waals surface area contributed by atoms with Crippen molar-refractivity contribution in [1.29, 1.82) is 0 Å². The number of hydrogen-bond acceptors (Lipinski definition) is 4. The monoisotopic (exact) mass is 327 g/mol. The predicted molar refractivity (Wildman–Crippen MR) is 92.2 cm³/mol. The fraction of sp³-hybridized carbons (Fsp3) is 0.556. The van der Waals surface area contributed by atoms with E-state index in [4.69, 9.17) is 0 Å². The summed E-state index contributed by atoms with van der Waals surface area (Å²) in [5.41, 5.74) is 2.10. The third kappa shape index (κ3) is 3.80. The lowest BCUT2D eigenvalue weighted by molar-refractivity contribution is -0.133. The minimum atomic E-state index is 0.0439. The number of amides is 1. The predicted octanol–water partition coefficient (Wildman–Crippen LogP) is 2.69. The van der Waals surface area contributed by atoms with Gasteiger partial charge in [0.1, 0.15) is 6.54 Å². The van der Waals surface area contributed by atoms with E-state index in [1.807, 2.05) is 43.1 Å². The first-order chi connectivity index (χ1) is 11.5. The molecule has 1 aromatic heterocycles. The third-order valence-electron chi connectivity index (χ3n) is 4.97. The zero-order valence-electron chi connectivity index (χ0n) is 14.6. The van der Waals surface area contributed by atoms with Gasteiger partial charge in [-0.15, -0.1) is 10.2 Å². The molecule has 1 heterocycles. The number of nitrogens with zero attached hydrogens (tertiary/aromatic N) is 5. The van der Waals surface area contributed by atoms with Crippen molar-refractivity contribution in [3.8, 4) is 11.4 Å². The molecule has 1 aromatic carbocycles. The molecule has 1 aliphatic rings. The quantitative estimate of drug-likeness (QED) is 0.866. The van der Waals surface area contributed by atoms with Crippen molar-refractivity contribution in [2.75, 3.05) is 7.05 Å². The van der Waals surface area contributed by atoms with Gasteiger partial charge in [0.25, 0.3) is 0 Å². The zero-order chi connectivity index (χ0) is 17.1. The molecule has 0 radical (unpaired) electrons. The average molecular weight is 327 g/mol. The maximum Gasteiger partial charge on any atom is 0.246 e. The SMILES string of the molecule is Cc1ccc(-c2nnn(CC(=O)N(C)C3CCC(C)CC3)n2)cc1. The van der Waals surface area contributed by atoms with Crippen molar-refractivity contribution in [2.45, 2.75) is 52.1 Å². The molecule has 1 aliphatic carbocycles. The second kappa shape index (κ2) is 7.11. The third-order valence-corrected chi connectivity index (χ3v) is 4.97. The first kappa shape index (κ1) is 16.6. The van der Waals surface area contributed by atoms with E-state index in [1.54, 1.807) is 0 Å². The van der Waals surface area contributed by atoms with Crippen LogP contribution in [0, 0.1) is 12.8 Å². The zero-order valence-corrected chi connectivity index (χ0v) is 14.6. The molecule has 0 N–H and O–H groups in total. The number of aryl methyl sites for hydroxylation is 1. The number of rotatable bonds is 4. The maximum atomic E-state index is 12.5. The Labute approximate surface area is 142 Å². The molecule has 0 aliphatic heterocycles. The fourth-order valence-corrected chi connectivity index (χ4v) is 3.19. The Kier molecular flexibility index (Phi) is 4.92. The van der Waals surface area contributed by atoms with Crippen LogP contribution in [0.4, 0.5) is 0 Å². The van der Waals surface area contributed by atoms with Crippen molar-refractivity contribution in [3.05, 3.63) is 29.8 Å². The number of tetrazole rings is 1. The summed E-state index contributed by atoms with van der Waals surface area (Å²) in [4.78, 5) is 15.7. The van der Waals surface area contributed by atoms with Crippen LogP contribution in [0.2, 0.25) is 0 Å². The standard InChI is InChI=1S/C18H25N5O/c1-13-4-8-15(9-5-13)18-19-21-23(20-18)12-17(24)22(3)16-10-6-14(2)7-11-16/h4-5,8-9,14,16H,6-7,10-12H2,1-3H3. The number of hydrogen-bond donors (Lipinski definition) is 0. The fourth-order valence-electron chi connectivity index (χ4n) is 3.19. The van der Waals surface area contributed by atoms with E-state index in [0.717, 1.165) is 24.3 Å². The normalized spacial score (nSPS) is 20.8. The lowest BCUT2D eigenvalue weighted by Crippen LogP contribution is -2.41. The van der Waals surface area contributed by atoms with E-state index in [1.165, 1.54) is 23.2 Å². The number of carbonyl (C=O) groups is 1. The highest BCUT2D eigenvalue weighted by atomic mass is 16.2. The Morgan fingerprint density at radius 3 is 2.54 bits per heavy atom. The molecule has 2 aromatic rings. The summed E-state index contributed by atoms with van der Waals surface area (Å²) in [5.74, 6) is 1.37. The van der Waals surface area contributed by atoms with Crippen LogP contribution in [0.5, 0.6) is 0 Å². The number of aromatic nitrogens is 4. The molecule has 3 rings (SSSR count).